The minimum atomic E-state index is -0.780. The number of pyridine rings is 1. The number of carbonyl (C=O) groups excluding carboxylic acids is 2. The van der Waals surface area contributed by atoms with Gasteiger partial charge in [-0.05, 0) is 31.0 Å². The van der Waals surface area contributed by atoms with E-state index in [4.69, 9.17) is 0 Å². The first-order valence-corrected chi connectivity index (χ1v) is 8.88. The Morgan fingerprint density at radius 1 is 1.29 bits per heavy atom. The molecule has 1 aliphatic heterocycles. The minimum Gasteiger partial charge on any atom is -0.341 e. The van der Waals surface area contributed by atoms with E-state index in [0.717, 1.165) is 5.56 Å². The summed E-state index contributed by atoms with van der Waals surface area (Å²) in [6.07, 6.45) is 8.02. The highest BCUT2D eigenvalue weighted by Gasteiger charge is 2.30. The number of non-ortho nitro benzene ring substituents is 1. The van der Waals surface area contributed by atoms with Crippen LogP contribution in [0.5, 0.6) is 0 Å². The van der Waals surface area contributed by atoms with Crippen LogP contribution in [0.2, 0.25) is 0 Å². The van der Waals surface area contributed by atoms with Crippen LogP contribution in [0.3, 0.4) is 0 Å². The van der Waals surface area contributed by atoms with Gasteiger partial charge in [-0.3, -0.25) is 24.7 Å². The first kappa shape index (κ1) is 19.2. The van der Waals surface area contributed by atoms with E-state index < -0.39 is 16.9 Å². The second-order valence-corrected chi connectivity index (χ2v) is 6.50. The van der Waals surface area contributed by atoms with Crippen molar-refractivity contribution in [3.63, 3.8) is 0 Å². The molecule has 2 unspecified atom stereocenters. The predicted molar refractivity (Wildman–Crippen MR) is 102 cm³/mol. The van der Waals surface area contributed by atoms with Gasteiger partial charge in [0.05, 0.1) is 11.0 Å². The normalized spacial score (nSPS) is 17.0. The number of nitrogens with zero attached hydrogens (tertiary/aromatic N) is 3. The van der Waals surface area contributed by atoms with E-state index in [0.29, 0.717) is 13.0 Å². The Hall–Kier alpha value is -3.55. The summed E-state index contributed by atoms with van der Waals surface area (Å²) >= 11 is 0. The maximum Gasteiger partial charge on any atom is 0.270 e. The smallest absolute Gasteiger partial charge is 0.270 e. The molecule has 2 atom stereocenters. The SMILES string of the molecule is CC(NC(=O)c1cccc([N+](=O)[O-])c1)C(=O)N1CC=CCC1c1cccnc1. The summed E-state index contributed by atoms with van der Waals surface area (Å²) in [5, 5.41) is 13.5. The molecule has 144 valence electrons. The summed E-state index contributed by atoms with van der Waals surface area (Å²) in [5.74, 6) is -0.757. The van der Waals surface area contributed by atoms with Crippen molar-refractivity contribution < 1.29 is 14.5 Å². The molecule has 1 aromatic heterocycles. The largest absolute Gasteiger partial charge is 0.341 e. The van der Waals surface area contributed by atoms with Gasteiger partial charge in [-0.1, -0.05) is 24.3 Å². The lowest BCUT2D eigenvalue weighted by Gasteiger charge is -2.35. The van der Waals surface area contributed by atoms with Crippen LogP contribution in [0, 0.1) is 10.1 Å². The lowest BCUT2D eigenvalue weighted by atomic mass is 9.99. The molecule has 2 heterocycles. The van der Waals surface area contributed by atoms with Gasteiger partial charge in [0, 0.05) is 36.6 Å². The van der Waals surface area contributed by atoms with E-state index >= 15 is 0 Å². The zero-order chi connectivity index (χ0) is 20.1. The van der Waals surface area contributed by atoms with Crippen LogP contribution in [0.15, 0.2) is 60.9 Å². The average molecular weight is 380 g/mol. The Morgan fingerprint density at radius 3 is 2.82 bits per heavy atom. The molecule has 0 saturated carbocycles. The van der Waals surface area contributed by atoms with Gasteiger partial charge in [0.15, 0.2) is 0 Å². The highest BCUT2D eigenvalue weighted by molar-refractivity contribution is 5.98. The molecule has 0 bridgehead atoms. The van der Waals surface area contributed by atoms with Crippen molar-refractivity contribution in [3.05, 3.63) is 82.2 Å². The van der Waals surface area contributed by atoms with E-state index in [9.17, 15) is 19.7 Å². The predicted octanol–water partition coefficient (Wildman–Crippen LogP) is 2.64. The molecule has 8 heteroatoms. The van der Waals surface area contributed by atoms with Crippen LogP contribution in [-0.2, 0) is 4.79 Å². The molecule has 0 saturated heterocycles. The lowest BCUT2D eigenvalue weighted by Crippen LogP contribution is -2.48. The molecule has 0 radical (unpaired) electrons. The van der Waals surface area contributed by atoms with Gasteiger partial charge in [-0.15, -0.1) is 0 Å². The van der Waals surface area contributed by atoms with E-state index in [-0.39, 0.29) is 23.2 Å². The molecule has 0 aliphatic carbocycles. The fourth-order valence-electron chi connectivity index (χ4n) is 3.15. The molecule has 0 spiro atoms. The topological polar surface area (TPSA) is 105 Å². The number of hydrogen-bond donors (Lipinski definition) is 1. The number of aromatic nitrogens is 1. The van der Waals surface area contributed by atoms with Crippen LogP contribution in [-0.4, -0.2) is 39.2 Å². The number of rotatable bonds is 5. The number of nitrogens with one attached hydrogen (secondary N) is 1. The molecule has 2 aromatic rings. The third-order valence-electron chi connectivity index (χ3n) is 4.59. The van der Waals surface area contributed by atoms with Crippen molar-refractivity contribution in [2.75, 3.05) is 6.54 Å². The van der Waals surface area contributed by atoms with Gasteiger partial charge in [0.25, 0.3) is 11.6 Å². The number of benzene rings is 1. The summed E-state index contributed by atoms with van der Waals surface area (Å²) in [7, 11) is 0. The molecule has 0 fully saturated rings. The zero-order valence-corrected chi connectivity index (χ0v) is 15.3. The molecular weight excluding hydrogens is 360 g/mol. The van der Waals surface area contributed by atoms with E-state index in [1.807, 2.05) is 24.3 Å². The first-order chi connectivity index (χ1) is 13.5. The average Bonchev–Trinajstić information content (AvgIpc) is 2.73. The molecule has 3 rings (SSSR count). The van der Waals surface area contributed by atoms with Crippen molar-refractivity contribution >= 4 is 17.5 Å². The number of nitro benzene ring substituents is 1. The highest BCUT2D eigenvalue weighted by atomic mass is 16.6. The summed E-state index contributed by atoms with van der Waals surface area (Å²) in [5.41, 5.74) is 0.887. The van der Waals surface area contributed by atoms with Crippen LogP contribution in [0.1, 0.15) is 35.3 Å². The van der Waals surface area contributed by atoms with Crippen LogP contribution >= 0.6 is 0 Å². The van der Waals surface area contributed by atoms with Crippen LogP contribution in [0.4, 0.5) is 5.69 Å². The zero-order valence-electron chi connectivity index (χ0n) is 15.3. The van der Waals surface area contributed by atoms with Gasteiger partial charge in [-0.2, -0.15) is 0 Å². The van der Waals surface area contributed by atoms with Crippen molar-refractivity contribution in [3.8, 4) is 0 Å². The Morgan fingerprint density at radius 2 is 2.11 bits per heavy atom. The van der Waals surface area contributed by atoms with E-state index in [1.54, 1.807) is 24.2 Å². The molecule has 1 aliphatic rings. The van der Waals surface area contributed by atoms with Gasteiger partial charge in [0.2, 0.25) is 5.91 Å². The molecular formula is C20H20N4O4. The standard InChI is InChI=1S/C20H20N4O4/c1-14(22-19(25)15-6-4-8-17(12-15)24(27)28)20(26)23-11-3-2-9-18(23)16-7-5-10-21-13-16/h2-8,10,12-14,18H,9,11H2,1H3,(H,22,25). The summed E-state index contributed by atoms with van der Waals surface area (Å²) in [4.78, 5) is 41.6. The monoisotopic (exact) mass is 380 g/mol. The van der Waals surface area contributed by atoms with E-state index in [2.05, 4.69) is 10.3 Å². The third kappa shape index (κ3) is 4.22. The summed E-state index contributed by atoms with van der Waals surface area (Å²) in [6.45, 7) is 2.05. The number of carbonyl (C=O) groups is 2. The Bertz CT molecular complexity index is 913. The van der Waals surface area contributed by atoms with Crippen LogP contribution < -0.4 is 5.32 Å². The number of amides is 2. The highest BCUT2D eigenvalue weighted by Crippen LogP contribution is 2.27. The van der Waals surface area contributed by atoms with Crippen molar-refractivity contribution in [2.24, 2.45) is 0 Å². The van der Waals surface area contributed by atoms with Gasteiger partial charge in [0.1, 0.15) is 6.04 Å². The van der Waals surface area contributed by atoms with Gasteiger partial charge < -0.3 is 10.2 Å². The second-order valence-electron chi connectivity index (χ2n) is 6.50. The summed E-state index contributed by atoms with van der Waals surface area (Å²) < 4.78 is 0. The quantitative estimate of drug-likeness (QED) is 0.488. The van der Waals surface area contributed by atoms with Gasteiger partial charge >= 0.3 is 0 Å². The summed E-state index contributed by atoms with van der Waals surface area (Å²) in [6, 6.07) is 8.22. The fraction of sp³-hybridized carbons (Fsp3) is 0.250. The maximum atomic E-state index is 13.0. The Kier molecular flexibility index (Phi) is 5.78. The third-order valence-corrected chi connectivity index (χ3v) is 4.59. The molecule has 2 amide bonds. The van der Waals surface area contributed by atoms with Crippen LogP contribution in [0.25, 0.3) is 0 Å². The van der Waals surface area contributed by atoms with Crippen molar-refractivity contribution in [1.29, 1.82) is 0 Å². The Balaban J connectivity index is 1.72. The van der Waals surface area contributed by atoms with Gasteiger partial charge in [-0.25, -0.2) is 0 Å². The Labute approximate surface area is 162 Å². The van der Waals surface area contributed by atoms with Crippen molar-refractivity contribution in [1.82, 2.24) is 15.2 Å². The number of nitro groups is 1. The minimum absolute atomic E-state index is 0.135. The molecule has 1 aromatic carbocycles. The fourth-order valence-corrected chi connectivity index (χ4v) is 3.15. The maximum absolute atomic E-state index is 13.0. The van der Waals surface area contributed by atoms with E-state index in [1.165, 1.54) is 24.3 Å². The molecule has 1 N–H and O–H groups in total. The lowest BCUT2D eigenvalue weighted by molar-refractivity contribution is -0.384. The first-order valence-electron chi connectivity index (χ1n) is 8.88. The second kappa shape index (κ2) is 8.43. The molecule has 28 heavy (non-hydrogen) atoms. The van der Waals surface area contributed by atoms with Crippen molar-refractivity contribution in [2.45, 2.75) is 25.4 Å². The molecule has 8 nitrogen and oxygen atoms in total. The number of hydrogen-bond acceptors (Lipinski definition) is 5.